The molecule has 1 aromatic carbocycles. The number of benzene rings is 1. The van der Waals surface area contributed by atoms with E-state index in [1.54, 1.807) is 0 Å². The lowest BCUT2D eigenvalue weighted by molar-refractivity contribution is -0.119. The molecule has 2 nitrogen and oxygen atoms in total. The van der Waals surface area contributed by atoms with Gasteiger partial charge in [-0.2, -0.15) is 0 Å². The molecular formula is C21H28O2. The third kappa shape index (κ3) is 5.70. The van der Waals surface area contributed by atoms with Gasteiger partial charge in [-0.3, -0.25) is 4.79 Å². The minimum atomic E-state index is 0.254. The normalized spacial score (nSPS) is 18.3. The zero-order valence-electron chi connectivity index (χ0n) is 14.4. The average molecular weight is 312 g/mol. The molecule has 0 heterocycles. The minimum Gasteiger partial charge on any atom is -0.494 e. The van der Waals surface area contributed by atoms with E-state index in [1.165, 1.54) is 19.3 Å². The Balaban J connectivity index is 1.90. The lowest BCUT2D eigenvalue weighted by Crippen LogP contribution is -2.16. The summed E-state index contributed by atoms with van der Waals surface area (Å²) in [6.07, 6.45) is 12.7. The predicted molar refractivity (Wildman–Crippen MR) is 96.6 cm³/mol. The Morgan fingerprint density at radius 1 is 1.13 bits per heavy atom. The maximum absolute atomic E-state index is 12.2. The molecule has 2 rings (SSSR count). The van der Waals surface area contributed by atoms with Crippen LogP contribution in [0.15, 0.2) is 42.0 Å². The smallest absolute Gasteiger partial charge is 0.159 e. The highest BCUT2D eigenvalue weighted by molar-refractivity contribution is 5.93. The Kier molecular flexibility index (Phi) is 7.12. The first kappa shape index (κ1) is 17.5. The van der Waals surface area contributed by atoms with Crippen LogP contribution in [0.5, 0.6) is 5.75 Å². The third-order valence-electron chi connectivity index (χ3n) is 4.35. The molecule has 0 spiro atoms. The summed E-state index contributed by atoms with van der Waals surface area (Å²) in [4.78, 5) is 12.2. The number of unbranched alkanes of at least 4 members (excludes halogenated alkanes) is 2. The van der Waals surface area contributed by atoms with Crippen molar-refractivity contribution < 1.29 is 9.53 Å². The van der Waals surface area contributed by atoms with Crippen molar-refractivity contribution in [2.75, 3.05) is 6.61 Å². The second kappa shape index (κ2) is 9.34. The van der Waals surface area contributed by atoms with Crippen molar-refractivity contribution >= 4 is 11.9 Å². The Labute approximate surface area is 140 Å². The molecule has 0 aromatic heterocycles. The summed E-state index contributed by atoms with van der Waals surface area (Å²) >= 11 is 0. The van der Waals surface area contributed by atoms with Crippen LogP contribution in [0, 0.1) is 5.92 Å². The van der Waals surface area contributed by atoms with Crippen LogP contribution in [0.4, 0.5) is 0 Å². The summed E-state index contributed by atoms with van der Waals surface area (Å²) in [7, 11) is 0. The molecular weight excluding hydrogens is 284 g/mol. The second-order valence-electron chi connectivity index (χ2n) is 6.19. The molecule has 0 amide bonds. The number of carbonyl (C=O) groups is 1. The van der Waals surface area contributed by atoms with E-state index in [2.05, 4.69) is 19.1 Å². The second-order valence-corrected chi connectivity index (χ2v) is 6.19. The van der Waals surface area contributed by atoms with Crippen molar-refractivity contribution in [1.29, 1.82) is 0 Å². The molecule has 1 atom stereocenters. The molecule has 23 heavy (non-hydrogen) atoms. The van der Waals surface area contributed by atoms with Crippen LogP contribution in [0.1, 0.15) is 57.9 Å². The van der Waals surface area contributed by atoms with Gasteiger partial charge in [-0.1, -0.05) is 50.5 Å². The van der Waals surface area contributed by atoms with Gasteiger partial charge in [0.05, 0.1) is 6.61 Å². The monoisotopic (exact) mass is 312 g/mol. The van der Waals surface area contributed by atoms with Crippen LogP contribution >= 0.6 is 0 Å². The van der Waals surface area contributed by atoms with Gasteiger partial charge in [0.25, 0.3) is 0 Å². The number of allylic oxidation sites excluding steroid dienone is 3. The summed E-state index contributed by atoms with van der Waals surface area (Å²) in [5, 5.41) is 0. The first-order valence-corrected chi connectivity index (χ1v) is 8.88. The summed E-state index contributed by atoms with van der Waals surface area (Å²) < 4.78 is 5.44. The zero-order chi connectivity index (χ0) is 16.5. The van der Waals surface area contributed by atoms with Crippen LogP contribution in [0.25, 0.3) is 6.08 Å². The predicted octanol–water partition coefficient (Wildman–Crippen LogP) is 5.58. The maximum Gasteiger partial charge on any atom is 0.159 e. The molecule has 2 heteroatoms. The molecule has 0 bridgehead atoms. The van der Waals surface area contributed by atoms with Gasteiger partial charge in [0.1, 0.15) is 5.75 Å². The molecule has 1 unspecified atom stereocenters. The largest absolute Gasteiger partial charge is 0.494 e. The number of ether oxygens (including phenoxy) is 1. The number of carbonyl (C=O) groups excluding carboxylic acids is 1. The average Bonchev–Trinajstić information content (AvgIpc) is 2.56. The highest BCUT2D eigenvalue weighted by atomic mass is 16.5. The molecule has 1 aliphatic carbocycles. The standard InChI is InChI=1S/C21H28O2/c1-3-5-6-7-19-13-10-18(16-21(19)22)9-8-17-11-14-20(15-12-17)23-4-2/h8-9,11-12,14-16,19H,3-7,10,13H2,1-2H3. The lowest BCUT2D eigenvalue weighted by atomic mass is 9.85. The van der Waals surface area contributed by atoms with E-state index >= 15 is 0 Å². The summed E-state index contributed by atoms with van der Waals surface area (Å²) in [6, 6.07) is 8.04. The first-order chi connectivity index (χ1) is 11.2. The maximum atomic E-state index is 12.2. The lowest BCUT2D eigenvalue weighted by Gasteiger charge is -2.19. The molecule has 1 aromatic rings. The van der Waals surface area contributed by atoms with Crippen LogP contribution in [-0.2, 0) is 4.79 Å². The minimum absolute atomic E-state index is 0.254. The molecule has 1 aliphatic rings. The molecule has 0 aliphatic heterocycles. The summed E-state index contributed by atoms with van der Waals surface area (Å²) in [5.41, 5.74) is 2.28. The highest BCUT2D eigenvalue weighted by Crippen LogP contribution is 2.26. The number of ketones is 1. The van der Waals surface area contributed by atoms with Crippen molar-refractivity contribution in [3.8, 4) is 5.75 Å². The van der Waals surface area contributed by atoms with Gasteiger partial charge < -0.3 is 4.74 Å². The van der Waals surface area contributed by atoms with E-state index in [1.807, 2.05) is 37.3 Å². The van der Waals surface area contributed by atoms with Crippen molar-refractivity contribution in [3.63, 3.8) is 0 Å². The van der Waals surface area contributed by atoms with Gasteiger partial charge in [0, 0.05) is 5.92 Å². The molecule has 0 radical (unpaired) electrons. The summed E-state index contributed by atoms with van der Waals surface area (Å²) in [5.74, 6) is 1.47. The van der Waals surface area contributed by atoms with Crippen LogP contribution < -0.4 is 4.74 Å². The Hall–Kier alpha value is -1.83. The first-order valence-electron chi connectivity index (χ1n) is 8.88. The van der Waals surface area contributed by atoms with Gasteiger partial charge in [0.15, 0.2) is 5.78 Å². The van der Waals surface area contributed by atoms with Gasteiger partial charge >= 0.3 is 0 Å². The molecule has 124 valence electrons. The Bertz CT molecular complexity index is 552. The fourth-order valence-electron chi connectivity index (χ4n) is 2.96. The molecule has 0 saturated carbocycles. The zero-order valence-corrected chi connectivity index (χ0v) is 14.4. The van der Waals surface area contributed by atoms with Crippen LogP contribution in [-0.4, -0.2) is 12.4 Å². The van der Waals surface area contributed by atoms with Crippen molar-refractivity contribution in [1.82, 2.24) is 0 Å². The summed E-state index contributed by atoms with van der Waals surface area (Å²) in [6.45, 7) is 4.87. The highest BCUT2D eigenvalue weighted by Gasteiger charge is 2.20. The van der Waals surface area contributed by atoms with Gasteiger partial charge in [-0.15, -0.1) is 0 Å². The molecule has 0 fully saturated rings. The number of rotatable bonds is 8. The van der Waals surface area contributed by atoms with Crippen molar-refractivity contribution in [2.45, 2.75) is 52.4 Å². The fourth-order valence-corrected chi connectivity index (χ4v) is 2.96. The molecule has 0 saturated heterocycles. The van der Waals surface area contributed by atoms with Crippen molar-refractivity contribution in [3.05, 3.63) is 47.6 Å². The van der Waals surface area contributed by atoms with Crippen LogP contribution in [0.2, 0.25) is 0 Å². The van der Waals surface area contributed by atoms with E-state index in [9.17, 15) is 4.79 Å². The fraction of sp³-hybridized carbons (Fsp3) is 0.476. The number of hydrogen-bond donors (Lipinski definition) is 0. The number of hydrogen-bond acceptors (Lipinski definition) is 2. The van der Waals surface area contributed by atoms with Crippen molar-refractivity contribution in [2.24, 2.45) is 5.92 Å². The van der Waals surface area contributed by atoms with E-state index in [0.29, 0.717) is 12.4 Å². The van der Waals surface area contributed by atoms with E-state index in [-0.39, 0.29) is 5.92 Å². The topological polar surface area (TPSA) is 26.3 Å². The Morgan fingerprint density at radius 2 is 1.91 bits per heavy atom. The van der Waals surface area contributed by atoms with E-state index in [0.717, 1.165) is 36.1 Å². The quantitative estimate of drug-likeness (QED) is 0.585. The van der Waals surface area contributed by atoms with Gasteiger partial charge in [0.2, 0.25) is 0 Å². The molecule has 0 N–H and O–H groups in total. The van der Waals surface area contributed by atoms with E-state index in [4.69, 9.17) is 4.74 Å². The van der Waals surface area contributed by atoms with Gasteiger partial charge in [-0.05, 0) is 55.5 Å². The third-order valence-corrected chi connectivity index (χ3v) is 4.35. The van der Waals surface area contributed by atoms with Gasteiger partial charge in [-0.25, -0.2) is 0 Å². The SMILES string of the molecule is CCCCCC1CCC(C=Cc2ccc(OCC)cc2)=CC1=O. The van der Waals surface area contributed by atoms with E-state index < -0.39 is 0 Å². The van der Waals surface area contributed by atoms with Crippen LogP contribution in [0.3, 0.4) is 0 Å². The Morgan fingerprint density at radius 3 is 2.57 bits per heavy atom.